The first-order valence-corrected chi connectivity index (χ1v) is 8.29. The molecular weight excluding hydrogens is 266 g/mol. The maximum absolute atomic E-state index is 12.6. The van der Waals surface area contributed by atoms with Gasteiger partial charge in [0.05, 0.1) is 13.1 Å². The Morgan fingerprint density at radius 2 is 1.95 bits per heavy atom. The Bertz CT molecular complexity index is 402. The van der Waals surface area contributed by atoms with Crippen molar-refractivity contribution in [3.8, 4) is 0 Å². The molecule has 2 fully saturated rings. The van der Waals surface area contributed by atoms with Crippen LogP contribution in [0.25, 0.3) is 0 Å². The third-order valence-corrected chi connectivity index (χ3v) is 4.93. The van der Waals surface area contributed by atoms with E-state index in [1.807, 2.05) is 6.92 Å². The number of nitrogens with zero attached hydrogens (tertiary/aromatic N) is 1. The average molecular weight is 296 g/mol. The molecule has 0 aromatic carbocycles. The Morgan fingerprint density at radius 3 is 2.52 bits per heavy atom. The van der Waals surface area contributed by atoms with Crippen molar-refractivity contribution in [1.82, 2.24) is 10.2 Å². The van der Waals surface area contributed by atoms with Crippen LogP contribution < -0.4 is 10.2 Å². The lowest BCUT2D eigenvalue weighted by atomic mass is 9.92. The number of quaternary nitrogens is 1. The fourth-order valence-corrected chi connectivity index (χ4v) is 3.19. The summed E-state index contributed by atoms with van der Waals surface area (Å²) in [6.07, 6.45) is 4.04. The fraction of sp³-hybridized carbons (Fsp3) is 0.875. The molecule has 0 aliphatic carbocycles. The molecule has 2 N–H and O–H groups in total. The first-order valence-electron chi connectivity index (χ1n) is 8.29. The van der Waals surface area contributed by atoms with E-state index in [0.29, 0.717) is 12.6 Å². The van der Waals surface area contributed by atoms with Gasteiger partial charge in [-0.1, -0.05) is 20.8 Å². The van der Waals surface area contributed by atoms with Crippen LogP contribution in [-0.2, 0) is 4.79 Å². The molecule has 2 aliphatic rings. The second-order valence-corrected chi connectivity index (χ2v) is 7.52. The Balaban J connectivity index is 1.95. The molecule has 1 atom stereocenters. The molecule has 5 nitrogen and oxygen atoms in total. The second kappa shape index (κ2) is 6.34. The number of amides is 3. The molecule has 0 aromatic rings. The fourth-order valence-electron chi connectivity index (χ4n) is 3.19. The van der Waals surface area contributed by atoms with Crippen LogP contribution in [0.4, 0.5) is 4.79 Å². The molecule has 0 saturated carbocycles. The van der Waals surface area contributed by atoms with Crippen LogP contribution in [0.1, 0.15) is 53.4 Å². The predicted octanol–water partition coefficient (Wildman–Crippen LogP) is 1.01. The number of hydrogen-bond donors (Lipinski definition) is 2. The molecule has 0 radical (unpaired) electrons. The minimum Gasteiger partial charge on any atom is -0.323 e. The number of piperidine rings is 1. The molecule has 2 rings (SSSR count). The van der Waals surface area contributed by atoms with Gasteiger partial charge < -0.3 is 10.2 Å². The maximum atomic E-state index is 12.6. The minimum absolute atomic E-state index is 0.0423. The lowest BCUT2D eigenvalue weighted by molar-refractivity contribution is -0.913. The maximum Gasteiger partial charge on any atom is 0.329 e. The van der Waals surface area contributed by atoms with Crippen molar-refractivity contribution in [2.45, 2.75) is 58.9 Å². The SMILES string of the molecule is CC(C)CC[C@]1(C)NC(=O)N(C[NH+]2CCC(C)CC2)C1=O. The second-order valence-electron chi connectivity index (χ2n) is 7.52. The number of rotatable bonds is 5. The van der Waals surface area contributed by atoms with Gasteiger partial charge in [0.25, 0.3) is 5.91 Å². The van der Waals surface area contributed by atoms with Gasteiger partial charge >= 0.3 is 6.03 Å². The number of likely N-dealkylation sites (tertiary alicyclic amines) is 1. The van der Waals surface area contributed by atoms with Crippen LogP contribution in [0.5, 0.6) is 0 Å². The number of imide groups is 1. The lowest BCUT2D eigenvalue weighted by Crippen LogP contribution is -3.14. The topological polar surface area (TPSA) is 53.9 Å². The summed E-state index contributed by atoms with van der Waals surface area (Å²) in [7, 11) is 0. The van der Waals surface area contributed by atoms with E-state index in [0.717, 1.165) is 31.8 Å². The van der Waals surface area contributed by atoms with Crippen molar-refractivity contribution in [1.29, 1.82) is 0 Å². The summed E-state index contributed by atoms with van der Waals surface area (Å²) in [4.78, 5) is 27.6. The average Bonchev–Trinajstić information content (AvgIpc) is 2.63. The van der Waals surface area contributed by atoms with Crippen LogP contribution in [0.3, 0.4) is 0 Å². The van der Waals surface area contributed by atoms with E-state index < -0.39 is 5.54 Å². The Hall–Kier alpha value is -1.10. The lowest BCUT2D eigenvalue weighted by Gasteiger charge is -2.29. The number of urea groups is 1. The quantitative estimate of drug-likeness (QED) is 0.744. The van der Waals surface area contributed by atoms with Crippen LogP contribution in [-0.4, -0.2) is 42.1 Å². The van der Waals surface area contributed by atoms with E-state index in [-0.39, 0.29) is 11.9 Å². The largest absolute Gasteiger partial charge is 0.329 e. The highest BCUT2D eigenvalue weighted by molar-refractivity contribution is 6.06. The molecule has 0 spiro atoms. The van der Waals surface area contributed by atoms with Crippen LogP contribution in [0.15, 0.2) is 0 Å². The molecule has 120 valence electrons. The van der Waals surface area contributed by atoms with Gasteiger partial charge in [-0.15, -0.1) is 0 Å². The summed E-state index contributed by atoms with van der Waals surface area (Å²) in [5, 5.41) is 2.91. The summed E-state index contributed by atoms with van der Waals surface area (Å²) in [5.74, 6) is 1.27. The van der Waals surface area contributed by atoms with Crippen molar-refractivity contribution in [2.75, 3.05) is 19.8 Å². The Kier molecular flexibility index (Phi) is 4.91. The molecular formula is C16H30N3O2+. The standard InChI is InChI=1S/C16H29N3O2/c1-12(2)5-8-16(4)14(20)19(15(21)17-16)11-18-9-6-13(3)7-10-18/h12-13H,5-11H2,1-4H3,(H,17,21)/p+1/t16-/m0/s1. The van der Waals surface area contributed by atoms with Crippen molar-refractivity contribution < 1.29 is 14.5 Å². The van der Waals surface area contributed by atoms with E-state index in [2.05, 4.69) is 26.1 Å². The third kappa shape index (κ3) is 3.76. The van der Waals surface area contributed by atoms with Crippen molar-refractivity contribution >= 4 is 11.9 Å². The van der Waals surface area contributed by atoms with Crippen LogP contribution in [0, 0.1) is 11.8 Å². The monoisotopic (exact) mass is 296 g/mol. The summed E-state index contributed by atoms with van der Waals surface area (Å²) in [6.45, 7) is 11.1. The predicted molar refractivity (Wildman–Crippen MR) is 81.8 cm³/mol. The summed E-state index contributed by atoms with van der Waals surface area (Å²) >= 11 is 0. The van der Waals surface area contributed by atoms with Gasteiger partial charge in [0.2, 0.25) is 0 Å². The van der Waals surface area contributed by atoms with Crippen LogP contribution in [0.2, 0.25) is 0 Å². The van der Waals surface area contributed by atoms with Crippen molar-refractivity contribution in [3.05, 3.63) is 0 Å². The zero-order valence-corrected chi connectivity index (χ0v) is 13.9. The zero-order chi connectivity index (χ0) is 15.6. The number of carbonyl (C=O) groups is 2. The number of carbonyl (C=O) groups excluding carboxylic acids is 2. The molecule has 5 heteroatoms. The van der Waals surface area contributed by atoms with Crippen molar-refractivity contribution in [3.63, 3.8) is 0 Å². The van der Waals surface area contributed by atoms with E-state index in [4.69, 9.17) is 0 Å². The van der Waals surface area contributed by atoms with Gasteiger partial charge in [0.15, 0.2) is 6.67 Å². The molecule has 2 saturated heterocycles. The summed E-state index contributed by atoms with van der Waals surface area (Å²) in [5.41, 5.74) is -0.704. The van der Waals surface area contributed by atoms with Crippen molar-refractivity contribution in [2.24, 2.45) is 11.8 Å². The molecule has 2 aliphatic heterocycles. The molecule has 0 unspecified atom stereocenters. The van der Waals surface area contributed by atoms with Gasteiger partial charge in [-0.3, -0.25) is 4.79 Å². The Labute approximate surface area is 128 Å². The molecule has 3 amide bonds. The third-order valence-electron chi connectivity index (χ3n) is 4.93. The smallest absolute Gasteiger partial charge is 0.323 e. The number of nitrogens with one attached hydrogen (secondary N) is 2. The van der Waals surface area contributed by atoms with Gasteiger partial charge in [-0.25, -0.2) is 9.69 Å². The highest BCUT2D eigenvalue weighted by atomic mass is 16.2. The molecule has 2 heterocycles. The van der Waals surface area contributed by atoms with E-state index in [1.165, 1.54) is 22.6 Å². The van der Waals surface area contributed by atoms with Gasteiger partial charge in [-0.2, -0.15) is 0 Å². The van der Waals surface area contributed by atoms with E-state index in [1.54, 1.807) is 0 Å². The van der Waals surface area contributed by atoms with Gasteiger partial charge in [0, 0.05) is 0 Å². The van der Waals surface area contributed by atoms with Gasteiger partial charge in [0.1, 0.15) is 5.54 Å². The first kappa shape index (κ1) is 16.3. The molecule has 0 aromatic heterocycles. The van der Waals surface area contributed by atoms with E-state index >= 15 is 0 Å². The Morgan fingerprint density at radius 1 is 1.33 bits per heavy atom. The van der Waals surface area contributed by atoms with Crippen LogP contribution >= 0.6 is 0 Å². The molecule has 0 bridgehead atoms. The van der Waals surface area contributed by atoms with Gasteiger partial charge in [-0.05, 0) is 44.4 Å². The number of hydrogen-bond acceptors (Lipinski definition) is 2. The summed E-state index contributed by atoms with van der Waals surface area (Å²) < 4.78 is 0. The van der Waals surface area contributed by atoms with E-state index in [9.17, 15) is 9.59 Å². The highest BCUT2D eigenvalue weighted by Crippen LogP contribution is 2.24. The summed E-state index contributed by atoms with van der Waals surface area (Å²) in [6, 6.07) is -0.211. The molecule has 21 heavy (non-hydrogen) atoms. The highest BCUT2D eigenvalue weighted by Gasteiger charge is 2.48. The minimum atomic E-state index is -0.704. The zero-order valence-electron chi connectivity index (χ0n) is 13.9. The normalized spacial score (nSPS) is 33.7. The first-order chi connectivity index (χ1) is 9.82.